The van der Waals surface area contributed by atoms with Gasteiger partial charge in [-0.1, -0.05) is 0 Å². The summed E-state index contributed by atoms with van der Waals surface area (Å²) in [4.78, 5) is 6.42. The molecule has 0 atom stereocenters. The molecular formula is C13H14N4S. The van der Waals surface area contributed by atoms with Crippen LogP contribution in [0.25, 0.3) is 0 Å². The number of nitrogens with two attached hydrogens (primary N) is 1. The highest BCUT2D eigenvalue weighted by Gasteiger charge is 2.09. The molecule has 18 heavy (non-hydrogen) atoms. The maximum absolute atomic E-state index is 9.12. The Morgan fingerprint density at radius 1 is 1.50 bits per heavy atom. The molecular weight excluding hydrogens is 244 g/mol. The molecule has 0 amide bonds. The Bertz CT molecular complexity index is 597. The number of nitrogens with zero attached hydrogens (tertiary/aromatic N) is 3. The van der Waals surface area contributed by atoms with Crippen molar-refractivity contribution in [1.82, 2.24) is 4.98 Å². The van der Waals surface area contributed by atoms with Gasteiger partial charge in [-0.3, -0.25) is 0 Å². The lowest BCUT2D eigenvalue weighted by Gasteiger charge is -2.19. The second-order valence-electron chi connectivity index (χ2n) is 4.10. The molecule has 0 unspecified atom stereocenters. The smallest absolute Gasteiger partial charge is 0.101 e. The number of hydrogen-bond acceptors (Lipinski definition) is 5. The minimum absolute atomic E-state index is 0.587. The van der Waals surface area contributed by atoms with E-state index in [1.54, 1.807) is 23.5 Å². The molecule has 0 radical (unpaired) electrons. The Kier molecular flexibility index (Phi) is 3.49. The number of rotatable bonds is 3. The fourth-order valence-electron chi connectivity index (χ4n) is 1.79. The summed E-state index contributed by atoms with van der Waals surface area (Å²) < 4.78 is 0. The van der Waals surface area contributed by atoms with Crippen molar-refractivity contribution in [1.29, 1.82) is 5.26 Å². The van der Waals surface area contributed by atoms with Crippen LogP contribution >= 0.6 is 11.3 Å². The zero-order chi connectivity index (χ0) is 13.1. The van der Waals surface area contributed by atoms with Crippen LogP contribution in [0.4, 0.5) is 11.4 Å². The SMILES string of the molecule is Cc1nc(CN(C)c2ccc(N)cc2C#N)cs1. The third kappa shape index (κ3) is 2.60. The van der Waals surface area contributed by atoms with E-state index in [9.17, 15) is 0 Å². The van der Waals surface area contributed by atoms with E-state index in [1.807, 2.05) is 30.3 Å². The first-order valence-electron chi connectivity index (χ1n) is 5.52. The van der Waals surface area contributed by atoms with Crippen LogP contribution in [-0.4, -0.2) is 12.0 Å². The number of nitriles is 1. The lowest BCUT2D eigenvalue weighted by Crippen LogP contribution is -2.17. The Hall–Kier alpha value is -2.06. The number of thiazole rings is 1. The van der Waals surface area contributed by atoms with Gasteiger partial charge in [-0.25, -0.2) is 4.98 Å². The molecule has 4 nitrogen and oxygen atoms in total. The molecule has 2 N–H and O–H groups in total. The summed E-state index contributed by atoms with van der Waals surface area (Å²) in [5, 5.41) is 12.2. The predicted molar refractivity (Wildman–Crippen MR) is 74.5 cm³/mol. The van der Waals surface area contributed by atoms with Gasteiger partial charge in [-0.05, 0) is 25.1 Å². The molecule has 5 heteroatoms. The summed E-state index contributed by atoms with van der Waals surface area (Å²) in [6.45, 7) is 2.67. The molecule has 92 valence electrons. The fraction of sp³-hybridized carbons (Fsp3) is 0.231. The lowest BCUT2D eigenvalue weighted by molar-refractivity contribution is 0.888. The molecule has 2 aromatic rings. The topological polar surface area (TPSA) is 65.9 Å². The Balaban J connectivity index is 2.24. The van der Waals surface area contributed by atoms with Crippen molar-refractivity contribution in [2.45, 2.75) is 13.5 Å². The molecule has 0 spiro atoms. The standard InChI is InChI=1S/C13H14N4S/c1-9-16-12(8-18-9)7-17(2)13-4-3-11(15)5-10(13)6-14/h3-5,8H,7,15H2,1-2H3. The van der Waals surface area contributed by atoms with Crippen LogP contribution in [0.1, 0.15) is 16.3 Å². The van der Waals surface area contributed by atoms with Crippen molar-refractivity contribution in [2.24, 2.45) is 0 Å². The molecule has 0 bridgehead atoms. The first-order valence-corrected chi connectivity index (χ1v) is 6.40. The van der Waals surface area contributed by atoms with Gasteiger partial charge in [0.05, 0.1) is 28.5 Å². The lowest BCUT2D eigenvalue weighted by atomic mass is 10.1. The number of nitrogen functional groups attached to an aromatic ring is 1. The quantitative estimate of drug-likeness (QED) is 0.859. The zero-order valence-corrected chi connectivity index (χ0v) is 11.2. The van der Waals surface area contributed by atoms with E-state index in [0.717, 1.165) is 16.4 Å². The highest BCUT2D eigenvalue weighted by Crippen LogP contribution is 2.23. The molecule has 0 saturated carbocycles. The van der Waals surface area contributed by atoms with Crippen molar-refractivity contribution in [3.8, 4) is 6.07 Å². The summed E-state index contributed by atoms with van der Waals surface area (Å²) >= 11 is 1.63. The van der Waals surface area contributed by atoms with Crippen molar-refractivity contribution in [3.05, 3.63) is 39.8 Å². The molecule has 0 aliphatic heterocycles. The first kappa shape index (κ1) is 12.4. The minimum Gasteiger partial charge on any atom is -0.399 e. The number of hydrogen-bond donors (Lipinski definition) is 1. The van der Waals surface area contributed by atoms with Gasteiger partial charge in [0.15, 0.2) is 0 Å². The highest BCUT2D eigenvalue weighted by molar-refractivity contribution is 7.09. The van der Waals surface area contributed by atoms with Crippen molar-refractivity contribution in [2.75, 3.05) is 17.7 Å². The van der Waals surface area contributed by atoms with Gasteiger partial charge in [-0.2, -0.15) is 5.26 Å². The van der Waals surface area contributed by atoms with Crippen LogP contribution in [0, 0.1) is 18.3 Å². The molecule has 1 aromatic heterocycles. The van der Waals surface area contributed by atoms with Gasteiger partial charge in [0.25, 0.3) is 0 Å². The van der Waals surface area contributed by atoms with E-state index in [1.165, 1.54) is 0 Å². The normalized spacial score (nSPS) is 10.1. The summed E-state index contributed by atoms with van der Waals surface area (Å²) in [7, 11) is 1.95. The van der Waals surface area contributed by atoms with Gasteiger partial charge in [-0.15, -0.1) is 11.3 Å². The third-order valence-electron chi connectivity index (χ3n) is 2.62. The van der Waals surface area contributed by atoms with Crippen molar-refractivity contribution >= 4 is 22.7 Å². The number of anilines is 2. The molecule has 0 saturated heterocycles. The summed E-state index contributed by atoms with van der Waals surface area (Å²) in [6, 6.07) is 7.53. The summed E-state index contributed by atoms with van der Waals surface area (Å²) in [5.74, 6) is 0. The van der Waals surface area contributed by atoms with Crippen LogP contribution in [0.15, 0.2) is 23.6 Å². The largest absolute Gasteiger partial charge is 0.399 e. The minimum atomic E-state index is 0.587. The third-order valence-corrected chi connectivity index (χ3v) is 3.44. The van der Waals surface area contributed by atoms with Crippen LogP contribution in [0.3, 0.4) is 0 Å². The second-order valence-corrected chi connectivity index (χ2v) is 5.16. The Morgan fingerprint density at radius 2 is 2.28 bits per heavy atom. The average molecular weight is 258 g/mol. The number of benzene rings is 1. The van der Waals surface area contributed by atoms with Crippen molar-refractivity contribution < 1.29 is 0 Å². The van der Waals surface area contributed by atoms with Crippen LogP contribution in [0.5, 0.6) is 0 Å². The Labute approximate surface area is 110 Å². The molecule has 1 aromatic carbocycles. The molecule has 1 heterocycles. The van der Waals surface area contributed by atoms with Gasteiger partial charge in [0, 0.05) is 18.1 Å². The van der Waals surface area contributed by atoms with E-state index in [4.69, 9.17) is 11.0 Å². The predicted octanol–water partition coefficient (Wildman–Crippen LogP) is 2.54. The maximum atomic E-state index is 9.12. The molecule has 0 aliphatic rings. The second kappa shape index (κ2) is 5.07. The highest BCUT2D eigenvalue weighted by atomic mass is 32.1. The summed E-state index contributed by atoms with van der Waals surface area (Å²) in [5.41, 5.74) is 8.76. The zero-order valence-electron chi connectivity index (χ0n) is 10.3. The van der Waals surface area contributed by atoms with E-state index in [0.29, 0.717) is 17.8 Å². The van der Waals surface area contributed by atoms with E-state index in [2.05, 4.69) is 11.1 Å². The molecule has 2 rings (SSSR count). The first-order chi connectivity index (χ1) is 8.60. The average Bonchev–Trinajstić information content (AvgIpc) is 2.74. The number of aryl methyl sites for hydroxylation is 1. The maximum Gasteiger partial charge on any atom is 0.101 e. The van der Waals surface area contributed by atoms with Crippen LogP contribution < -0.4 is 10.6 Å². The monoisotopic (exact) mass is 258 g/mol. The van der Waals surface area contributed by atoms with Gasteiger partial charge < -0.3 is 10.6 Å². The Morgan fingerprint density at radius 3 is 2.89 bits per heavy atom. The van der Waals surface area contributed by atoms with Gasteiger partial charge in [0.1, 0.15) is 6.07 Å². The van der Waals surface area contributed by atoms with Crippen molar-refractivity contribution in [3.63, 3.8) is 0 Å². The van der Waals surface area contributed by atoms with Gasteiger partial charge in [0.2, 0.25) is 0 Å². The molecule has 0 fully saturated rings. The van der Waals surface area contributed by atoms with Crippen LogP contribution in [0.2, 0.25) is 0 Å². The summed E-state index contributed by atoms with van der Waals surface area (Å²) in [6.07, 6.45) is 0. The van der Waals surface area contributed by atoms with Crippen LogP contribution in [-0.2, 0) is 6.54 Å². The van der Waals surface area contributed by atoms with Gasteiger partial charge >= 0.3 is 0 Å². The van der Waals surface area contributed by atoms with E-state index < -0.39 is 0 Å². The van der Waals surface area contributed by atoms with E-state index >= 15 is 0 Å². The number of aromatic nitrogens is 1. The van der Waals surface area contributed by atoms with E-state index in [-0.39, 0.29) is 0 Å². The molecule has 0 aliphatic carbocycles. The fourth-order valence-corrected chi connectivity index (χ4v) is 2.39.